The molecule has 1 atom stereocenters. The fraction of sp³-hybridized carbons (Fsp3) is 0.474. The van der Waals surface area contributed by atoms with Crippen LogP contribution >= 0.6 is 0 Å². The third-order valence-corrected chi connectivity index (χ3v) is 4.78. The zero-order valence-electron chi connectivity index (χ0n) is 13.0. The minimum absolute atomic E-state index is 0.291. The van der Waals surface area contributed by atoms with Crippen LogP contribution in [0.4, 0.5) is 5.69 Å². The molecule has 0 aliphatic carbocycles. The highest BCUT2D eigenvalue weighted by molar-refractivity contribution is 5.72. The van der Waals surface area contributed by atoms with Crippen LogP contribution in [0.15, 0.2) is 37.1 Å². The average molecular weight is 283 g/mol. The van der Waals surface area contributed by atoms with E-state index in [0.717, 1.165) is 37.3 Å². The molecule has 0 radical (unpaired) electrons. The van der Waals surface area contributed by atoms with Gasteiger partial charge in [-0.25, -0.2) is 0 Å². The second kappa shape index (κ2) is 5.69. The van der Waals surface area contributed by atoms with Crippen molar-refractivity contribution < 1.29 is 4.74 Å². The summed E-state index contributed by atoms with van der Waals surface area (Å²) in [7, 11) is 0. The lowest BCUT2D eigenvalue weighted by Crippen LogP contribution is -2.36. The predicted octanol–water partition coefficient (Wildman–Crippen LogP) is 4.86. The minimum Gasteiger partial charge on any atom is -0.364 e. The van der Waals surface area contributed by atoms with Crippen molar-refractivity contribution in [3.63, 3.8) is 0 Å². The largest absolute Gasteiger partial charge is 0.364 e. The van der Waals surface area contributed by atoms with E-state index in [-0.39, 0.29) is 5.60 Å². The van der Waals surface area contributed by atoms with Crippen LogP contribution in [0.3, 0.4) is 0 Å². The first-order chi connectivity index (χ1) is 10.2. The van der Waals surface area contributed by atoms with Gasteiger partial charge in [0.15, 0.2) is 0 Å². The van der Waals surface area contributed by atoms with Gasteiger partial charge in [-0.1, -0.05) is 38.6 Å². The molecule has 3 rings (SSSR count). The van der Waals surface area contributed by atoms with Crippen LogP contribution in [0.5, 0.6) is 0 Å². The van der Waals surface area contributed by atoms with Crippen molar-refractivity contribution in [2.75, 3.05) is 18.1 Å². The Morgan fingerprint density at radius 1 is 1.38 bits per heavy atom. The minimum atomic E-state index is -0.291. The molecule has 0 N–H and O–H groups in total. The average Bonchev–Trinajstić information content (AvgIpc) is 2.75. The fourth-order valence-corrected chi connectivity index (χ4v) is 3.56. The first kappa shape index (κ1) is 14.4. The number of unbranched alkanes of at least 4 members (excludes halogenated alkanes) is 1. The molecule has 1 saturated heterocycles. The van der Waals surface area contributed by atoms with E-state index in [4.69, 9.17) is 4.74 Å². The van der Waals surface area contributed by atoms with Crippen molar-refractivity contribution in [2.24, 2.45) is 0 Å². The molecule has 0 amide bonds. The molecule has 2 nitrogen and oxygen atoms in total. The number of nitrogens with zero attached hydrogens (tertiary/aromatic N) is 1. The molecule has 2 aliphatic rings. The Balaban J connectivity index is 2.07. The molecule has 1 aromatic carbocycles. The van der Waals surface area contributed by atoms with Crippen LogP contribution in [0.25, 0.3) is 6.08 Å². The van der Waals surface area contributed by atoms with E-state index in [1.807, 2.05) is 6.08 Å². The number of anilines is 1. The molecule has 2 aliphatic heterocycles. The second-order valence-corrected chi connectivity index (χ2v) is 6.07. The van der Waals surface area contributed by atoms with Gasteiger partial charge in [-0.15, -0.1) is 0 Å². The molecule has 1 unspecified atom stereocenters. The lowest BCUT2D eigenvalue weighted by atomic mass is 9.85. The Labute approximate surface area is 128 Å². The molecule has 2 heteroatoms. The molecule has 1 fully saturated rings. The van der Waals surface area contributed by atoms with Crippen molar-refractivity contribution in [3.05, 3.63) is 48.2 Å². The molecule has 0 saturated carbocycles. The predicted molar refractivity (Wildman–Crippen MR) is 89.4 cm³/mol. The van der Waals surface area contributed by atoms with E-state index in [0.29, 0.717) is 0 Å². The van der Waals surface area contributed by atoms with Gasteiger partial charge in [-0.05, 0) is 43.4 Å². The van der Waals surface area contributed by atoms with Gasteiger partial charge in [0.05, 0.1) is 0 Å². The Bertz CT molecular complexity index is 555. The van der Waals surface area contributed by atoms with Crippen molar-refractivity contribution in [1.29, 1.82) is 0 Å². The monoisotopic (exact) mass is 283 g/mol. The Kier molecular flexibility index (Phi) is 3.90. The van der Waals surface area contributed by atoms with Crippen molar-refractivity contribution >= 4 is 11.8 Å². The van der Waals surface area contributed by atoms with E-state index < -0.39 is 0 Å². The fourth-order valence-electron chi connectivity index (χ4n) is 3.56. The quantitative estimate of drug-likeness (QED) is 0.782. The summed E-state index contributed by atoms with van der Waals surface area (Å²) in [5.41, 5.74) is 4.57. The second-order valence-electron chi connectivity index (χ2n) is 6.07. The number of ether oxygens (including phenoxy) is 1. The maximum Gasteiger partial charge on any atom is 0.134 e. The lowest BCUT2D eigenvalue weighted by molar-refractivity contribution is -0.0526. The molecule has 1 spiro atoms. The van der Waals surface area contributed by atoms with Gasteiger partial charge < -0.3 is 9.64 Å². The summed E-state index contributed by atoms with van der Waals surface area (Å²) >= 11 is 0. The van der Waals surface area contributed by atoms with Crippen LogP contribution in [0.1, 0.15) is 50.2 Å². The van der Waals surface area contributed by atoms with Crippen LogP contribution in [0, 0.1) is 0 Å². The number of rotatable bonds is 4. The summed E-state index contributed by atoms with van der Waals surface area (Å²) in [6.45, 7) is 12.4. The van der Waals surface area contributed by atoms with Gasteiger partial charge in [0.2, 0.25) is 0 Å². The van der Waals surface area contributed by atoms with Gasteiger partial charge in [-0.3, -0.25) is 0 Å². The van der Waals surface area contributed by atoms with Gasteiger partial charge >= 0.3 is 0 Å². The summed E-state index contributed by atoms with van der Waals surface area (Å²) in [6, 6.07) is 6.59. The topological polar surface area (TPSA) is 12.5 Å². The number of benzene rings is 1. The van der Waals surface area contributed by atoms with E-state index >= 15 is 0 Å². The normalized spacial score (nSPS) is 24.4. The van der Waals surface area contributed by atoms with Gasteiger partial charge in [0.1, 0.15) is 5.60 Å². The lowest BCUT2D eigenvalue weighted by Gasteiger charge is -2.36. The van der Waals surface area contributed by atoms with Crippen molar-refractivity contribution in [3.8, 4) is 0 Å². The first-order valence-electron chi connectivity index (χ1n) is 8.11. The molecular formula is C19H25NO. The van der Waals surface area contributed by atoms with E-state index in [1.165, 1.54) is 30.5 Å². The van der Waals surface area contributed by atoms with Crippen LogP contribution in [-0.2, 0) is 10.3 Å². The van der Waals surface area contributed by atoms with Crippen LogP contribution in [0.2, 0.25) is 0 Å². The van der Waals surface area contributed by atoms with Crippen molar-refractivity contribution in [1.82, 2.24) is 0 Å². The molecule has 2 heterocycles. The first-order valence-corrected chi connectivity index (χ1v) is 8.11. The number of hydrogen-bond donors (Lipinski definition) is 0. The highest BCUT2D eigenvalue weighted by Gasteiger charge is 2.47. The SMILES string of the molecule is C=Cc1ccc2c(c1)C1(CCCCO1)C(=C)N2CCCC. The highest BCUT2D eigenvalue weighted by Crippen LogP contribution is 2.52. The number of fused-ring (bicyclic) bond motifs is 2. The standard InChI is InChI=1S/C19H25NO/c1-4-6-12-20-15(3)19(11-7-8-13-21-19)17-14-16(5-2)9-10-18(17)20/h5,9-10,14H,2-4,6-8,11-13H2,1H3. The van der Waals surface area contributed by atoms with E-state index in [2.05, 4.69) is 43.2 Å². The molecule has 0 bridgehead atoms. The Hall–Kier alpha value is -1.54. The molecule has 21 heavy (non-hydrogen) atoms. The molecule has 112 valence electrons. The van der Waals surface area contributed by atoms with Crippen LogP contribution < -0.4 is 4.90 Å². The highest BCUT2D eigenvalue weighted by atomic mass is 16.5. The third kappa shape index (κ3) is 2.22. The summed E-state index contributed by atoms with van der Waals surface area (Å²) in [5, 5.41) is 0. The maximum atomic E-state index is 6.30. The third-order valence-electron chi connectivity index (χ3n) is 4.78. The van der Waals surface area contributed by atoms with E-state index in [9.17, 15) is 0 Å². The molecule has 1 aromatic rings. The Morgan fingerprint density at radius 3 is 2.90 bits per heavy atom. The summed E-state index contributed by atoms with van der Waals surface area (Å²) in [6.07, 6.45) is 7.69. The zero-order valence-corrected chi connectivity index (χ0v) is 13.0. The summed E-state index contributed by atoms with van der Waals surface area (Å²) in [5.74, 6) is 0. The summed E-state index contributed by atoms with van der Waals surface area (Å²) in [4.78, 5) is 2.37. The van der Waals surface area contributed by atoms with Crippen LogP contribution in [-0.4, -0.2) is 13.2 Å². The summed E-state index contributed by atoms with van der Waals surface area (Å²) < 4.78 is 6.30. The zero-order chi connectivity index (χ0) is 14.9. The Morgan fingerprint density at radius 2 is 2.24 bits per heavy atom. The van der Waals surface area contributed by atoms with Crippen molar-refractivity contribution in [2.45, 2.75) is 44.6 Å². The molecule has 0 aromatic heterocycles. The number of hydrogen-bond acceptors (Lipinski definition) is 2. The van der Waals surface area contributed by atoms with Gasteiger partial charge in [0, 0.05) is 30.1 Å². The van der Waals surface area contributed by atoms with Gasteiger partial charge in [0.25, 0.3) is 0 Å². The van der Waals surface area contributed by atoms with E-state index in [1.54, 1.807) is 0 Å². The smallest absolute Gasteiger partial charge is 0.134 e. The van der Waals surface area contributed by atoms with Gasteiger partial charge in [-0.2, -0.15) is 0 Å². The maximum absolute atomic E-state index is 6.30. The molecular weight excluding hydrogens is 258 g/mol.